The summed E-state index contributed by atoms with van der Waals surface area (Å²) in [6.45, 7) is 9.91. The maximum Gasteiger partial charge on any atom is 0.410 e. The van der Waals surface area contributed by atoms with Crippen molar-refractivity contribution in [2.24, 2.45) is 11.5 Å². The molecule has 0 bridgehead atoms. The topological polar surface area (TPSA) is 108 Å². The first-order valence-corrected chi connectivity index (χ1v) is 7.63. The van der Waals surface area contributed by atoms with Crippen molar-refractivity contribution in [2.45, 2.75) is 71.1 Å². The van der Waals surface area contributed by atoms with Crippen LogP contribution in [0.25, 0.3) is 0 Å². The largest absolute Gasteiger partial charge is 0.444 e. The highest BCUT2D eigenvalue weighted by atomic mass is 19.3. The van der Waals surface area contributed by atoms with Crippen molar-refractivity contribution in [3.63, 3.8) is 0 Å². The van der Waals surface area contributed by atoms with E-state index in [9.17, 15) is 18.4 Å². The second-order valence-corrected chi connectivity index (χ2v) is 7.59. The van der Waals surface area contributed by atoms with Crippen LogP contribution < -0.4 is 11.5 Å². The van der Waals surface area contributed by atoms with E-state index in [1.54, 1.807) is 41.5 Å². The van der Waals surface area contributed by atoms with Gasteiger partial charge in [0.05, 0.1) is 12.6 Å². The molecule has 4 N–H and O–H groups in total. The van der Waals surface area contributed by atoms with Crippen molar-refractivity contribution in [3.8, 4) is 0 Å². The summed E-state index contributed by atoms with van der Waals surface area (Å²) in [5, 5.41) is 0. The molecular weight excluding hydrogens is 324 g/mol. The molecule has 9 heteroatoms. The molecule has 1 fully saturated rings. The first-order valence-electron chi connectivity index (χ1n) is 7.63. The number of amides is 2. The number of nitrogens with zero attached hydrogens (tertiary/aromatic N) is 1. The average molecular weight is 353 g/mol. The van der Waals surface area contributed by atoms with Crippen LogP contribution in [0.2, 0.25) is 0 Å². The normalized spacial score (nSPS) is 20.5. The molecule has 1 rings (SSSR count). The SMILES string of the molecule is CC(C)(C)OC(=O)N1CCC(N)C(F)(F)C1.CC(C)(C)OC(N)=O. The standard InChI is InChI=1S/C10H18F2N2O2.C5H11NO2/c1-9(2,3)16-8(15)14-5-4-7(13)10(11,12)6-14;1-5(2,3)8-4(6)7/h7H,4-6,13H2,1-3H3;1-3H3,(H2,6,7). The zero-order valence-electron chi connectivity index (χ0n) is 15.2. The van der Waals surface area contributed by atoms with Crippen LogP contribution >= 0.6 is 0 Å². The molecule has 0 radical (unpaired) electrons. The first kappa shape index (κ1) is 22.4. The van der Waals surface area contributed by atoms with E-state index in [1.165, 1.54) is 0 Å². The molecule has 0 aliphatic carbocycles. The van der Waals surface area contributed by atoms with Crippen LogP contribution in [0.15, 0.2) is 0 Å². The predicted molar refractivity (Wildman–Crippen MR) is 85.8 cm³/mol. The average Bonchev–Trinajstić information content (AvgIpc) is 2.27. The Labute approximate surface area is 141 Å². The maximum absolute atomic E-state index is 13.3. The number of alkyl halides is 2. The van der Waals surface area contributed by atoms with E-state index in [-0.39, 0.29) is 13.0 Å². The molecular formula is C15H29F2N3O4. The minimum Gasteiger partial charge on any atom is -0.444 e. The minimum absolute atomic E-state index is 0.0895. The Bertz CT molecular complexity index is 445. The molecule has 1 aliphatic rings. The molecule has 0 spiro atoms. The van der Waals surface area contributed by atoms with Crippen LogP contribution in [0.1, 0.15) is 48.0 Å². The van der Waals surface area contributed by atoms with Crippen LogP contribution in [0.4, 0.5) is 18.4 Å². The molecule has 7 nitrogen and oxygen atoms in total. The lowest BCUT2D eigenvalue weighted by Gasteiger charge is -2.37. The summed E-state index contributed by atoms with van der Waals surface area (Å²) >= 11 is 0. The summed E-state index contributed by atoms with van der Waals surface area (Å²) in [5.74, 6) is -3.03. The summed E-state index contributed by atoms with van der Waals surface area (Å²) in [6.07, 6.45) is -1.34. The molecule has 24 heavy (non-hydrogen) atoms. The van der Waals surface area contributed by atoms with E-state index in [2.05, 4.69) is 4.74 Å². The van der Waals surface area contributed by atoms with Gasteiger partial charge in [-0.05, 0) is 48.0 Å². The fraction of sp³-hybridized carbons (Fsp3) is 0.867. The molecule has 1 aliphatic heterocycles. The lowest BCUT2D eigenvalue weighted by molar-refractivity contribution is -0.0820. The molecule has 0 aromatic carbocycles. The number of carbonyl (C=O) groups is 2. The predicted octanol–water partition coefficient (Wildman–Crippen LogP) is 2.47. The van der Waals surface area contributed by atoms with E-state index in [1.807, 2.05) is 0 Å². The van der Waals surface area contributed by atoms with Crippen molar-refractivity contribution in [1.29, 1.82) is 0 Å². The van der Waals surface area contributed by atoms with Gasteiger partial charge >= 0.3 is 12.2 Å². The summed E-state index contributed by atoms with van der Waals surface area (Å²) in [4.78, 5) is 22.6. The van der Waals surface area contributed by atoms with Crippen molar-refractivity contribution >= 4 is 12.2 Å². The van der Waals surface area contributed by atoms with E-state index in [0.29, 0.717) is 0 Å². The Morgan fingerprint density at radius 1 is 1.08 bits per heavy atom. The number of nitrogens with two attached hydrogens (primary N) is 2. The first-order chi connectivity index (χ1) is 10.5. The number of primary amides is 1. The van der Waals surface area contributed by atoms with Crippen molar-refractivity contribution in [3.05, 3.63) is 0 Å². The van der Waals surface area contributed by atoms with Gasteiger partial charge in [0.25, 0.3) is 5.92 Å². The van der Waals surface area contributed by atoms with Crippen molar-refractivity contribution in [2.75, 3.05) is 13.1 Å². The molecule has 1 atom stereocenters. The highest BCUT2D eigenvalue weighted by molar-refractivity contribution is 5.68. The Morgan fingerprint density at radius 2 is 1.54 bits per heavy atom. The number of halogens is 2. The molecule has 1 unspecified atom stereocenters. The fourth-order valence-corrected chi connectivity index (χ4v) is 1.74. The third-order valence-electron chi connectivity index (χ3n) is 2.71. The fourth-order valence-electron chi connectivity index (χ4n) is 1.74. The van der Waals surface area contributed by atoms with Gasteiger partial charge < -0.3 is 25.8 Å². The summed E-state index contributed by atoms with van der Waals surface area (Å²) in [7, 11) is 0. The van der Waals surface area contributed by atoms with Gasteiger partial charge in [0.15, 0.2) is 0 Å². The Kier molecular flexibility index (Phi) is 7.41. The van der Waals surface area contributed by atoms with Gasteiger partial charge in [-0.15, -0.1) is 0 Å². The highest BCUT2D eigenvalue weighted by Crippen LogP contribution is 2.26. The van der Waals surface area contributed by atoms with Gasteiger partial charge in [-0.1, -0.05) is 0 Å². The molecule has 2 amide bonds. The number of carbonyl (C=O) groups excluding carboxylic acids is 2. The summed E-state index contributed by atoms with van der Waals surface area (Å²) in [6, 6.07) is -1.17. The lowest BCUT2D eigenvalue weighted by Crippen LogP contribution is -2.57. The molecule has 1 heterocycles. The van der Waals surface area contributed by atoms with Crippen LogP contribution in [-0.4, -0.2) is 53.3 Å². The third kappa shape index (κ3) is 9.49. The van der Waals surface area contributed by atoms with Crippen molar-refractivity contribution < 1.29 is 27.8 Å². The molecule has 1 saturated heterocycles. The van der Waals surface area contributed by atoms with Crippen LogP contribution in [0.5, 0.6) is 0 Å². The smallest absolute Gasteiger partial charge is 0.410 e. The maximum atomic E-state index is 13.3. The number of likely N-dealkylation sites (tertiary alicyclic amines) is 1. The number of hydrogen-bond donors (Lipinski definition) is 2. The number of rotatable bonds is 0. The molecule has 142 valence electrons. The van der Waals surface area contributed by atoms with E-state index < -0.39 is 41.9 Å². The van der Waals surface area contributed by atoms with Gasteiger partial charge in [-0.2, -0.15) is 0 Å². The number of ether oxygens (including phenoxy) is 2. The lowest BCUT2D eigenvalue weighted by atomic mass is 10.0. The zero-order chi connectivity index (χ0) is 19.3. The van der Waals surface area contributed by atoms with Crippen LogP contribution in [-0.2, 0) is 9.47 Å². The Hall–Kier alpha value is -1.64. The van der Waals surface area contributed by atoms with E-state index in [4.69, 9.17) is 16.2 Å². The summed E-state index contributed by atoms with van der Waals surface area (Å²) < 4.78 is 36.1. The molecule has 0 aromatic rings. The molecule has 0 aromatic heterocycles. The van der Waals surface area contributed by atoms with Gasteiger partial charge in [0.1, 0.15) is 11.2 Å². The van der Waals surface area contributed by atoms with Crippen LogP contribution in [0.3, 0.4) is 0 Å². The zero-order valence-corrected chi connectivity index (χ0v) is 15.2. The Morgan fingerprint density at radius 3 is 1.83 bits per heavy atom. The second-order valence-electron chi connectivity index (χ2n) is 7.59. The summed E-state index contributed by atoms with van der Waals surface area (Å²) in [5.41, 5.74) is 8.86. The quantitative estimate of drug-likeness (QED) is 0.695. The minimum atomic E-state index is -3.03. The van der Waals surface area contributed by atoms with Gasteiger partial charge in [-0.25, -0.2) is 18.4 Å². The number of hydrogen-bond acceptors (Lipinski definition) is 5. The monoisotopic (exact) mass is 353 g/mol. The Balaban J connectivity index is 0.000000561. The van der Waals surface area contributed by atoms with Crippen molar-refractivity contribution in [1.82, 2.24) is 4.90 Å². The van der Waals surface area contributed by atoms with E-state index in [0.717, 1.165) is 4.90 Å². The second kappa shape index (κ2) is 7.96. The number of piperidine rings is 1. The molecule has 0 saturated carbocycles. The van der Waals surface area contributed by atoms with Crippen LogP contribution in [0, 0.1) is 0 Å². The van der Waals surface area contributed by atoms with Gasteiger partial charge in [-0.3, -0.25) is 0 Å². The third-order valence-corrected chi connectivity index (χ3v) is 2.71. The van der Waals surface area contributed by atoms with Gasteiger partial charge in [0.2, 0.25) is 0 Å². The van der Waals surface area contributed by atoms with Gasteiger partial charge in [0, 0.05) is 6.54 Å². The highest BCUT2D eigenvalue weighted by Gasteiger charge is 2.44. The van der Waals surface area contributed by atoms with E-state index >= 15 is 0 Å².